The highest BCUT2D eigenvalue weighted by Gasteiger charge is 2.31. The van der Waals surface area contributed by atoms with Crippen LogP contribution in [0.25, 0.3) is 11.1 Å². The second-order valence-electron chi connectivity index (χ2n) is 6.30. The van der Waals surface area contributed by atoms with Crippen molar-refractivity contribution in [2.45, 2.75) is 19.1 Å². The molecule has 6 heteroatoms. The number of hydrogen-bond donors (Lipinski definition) is 3. The Kier molecular flexibility index (Phi) is 5.68. The molecule has 1 unspecified atom stereocenters. The Hall–Kier alpha value is -1.14. The van der Waals surface area contributed by atoms with Gasteiger partial charge in [-0.2, -0.15) is 0 Å². The number of aliphatic hydroxyl groups is 2. The quantitative estimate of drug-likeness (QED) is 0.433. The van der Waals surface area contributed by atoms with Crippen LogP contribution in [0.3, 0.4) is 0 Å². The highest BCUT2D eigenvalue weighted by Crippen LogP contribution is 2.44. The number of benzene rings is 2. The van der Waals surface area contributed by atoms with Gasteiger partial charge in [-0.15, -0.1) is 0 Å². The number of ether oxygens (including phenoxy) is 1. The van der Waals surface area contributed by atoms with Crippen molar-refractivity contribution < 1.29 is 14.9 Å². The maximum absolute atomic E-state index is 11.0. The average Bonchev–Trinajstić information content (AvgIpc) is 2.90. The van der Waals surface area contributed by atoms with Crippen molar-refractivity contribution >= 4 is 23.2 Å². The topological polar surface area (TPSA) is 61.7 Å². The van der Waals surface area contributed by atoms with Gasteiger partial charge in [0.05, 0.1) is 19.8 Å². The molecular formula is C19H21Cl2NO3. The van der Waals surface area contributed by atoms with Crippen molar-refractivity contribution in [1.82, 2.24) is 5.32 Å². The van der Waals surface area contributed by atoms with E-state index < -0.39 is 5.72 Å². The lowest BCUT2D eigenvalue weighted by Gasteiger charge is -2.28. The Morgan fingerprint density at radius 3 is 2.64 bits per heavy atom. The fraction of sp³-hybridized carbons (Fsp3) is 0.368. The van der Waals surface area contributed by atoms with Gasteiger partial charge >= 0.3 is 0 Å². The predicted molar refractivity (Wildman–Crippen MR) is 100 cm³/mol. The first-order valence-corrected chi connectivity index (χ1v) is 8.95. The summed E-state index contributed by atoms with van der Waals surface area (Å²) in [6.07, 6.45) is 0.745. The summed E-state index contributed by atoms with van der Waals surface area (Å²) >= 11 is 12.4. The van der Waals surface area contributed by atoms with Crippen LogP contribution in [-0.4, -0.2) is 36.6 Å². The summed E-state index contributed by atoms with van der Waals surface area (Å²) < 4.78 is 5.24. The largest absolute Gasteiger partial charge is 0.394 e. The number of nitrogens with one attached hydrogen (secondary N) is 1. The molecule has 0 aromatic heterocycles. The van der Waals surface area contributed by atoms with Crippen molar-refractivity contribution in [3.05, 3.63) is 57.1 Å². The van der Waals surface area contributed by atoms with Gasteiger partial charge in [0, 0.05) is 22.2 Å². The zero-order chi connectivity index (χ0) is 18.0. The van der Waals surface area contributed by atoms with E-state index in [1.54, 1.807) is 13.0 Å². The molecule has 0 aliphatic heterocycles. The first-order chi connectivity index (χ1) is 11.9. The zero-order valence-electron chi connectivity index (χ0n) is 14.0. The van der Waals surface area contributed by atoms with E-state index in [-0.39, 0.29) is 13.2 Å². The van der Waals surface area contributed by atoms with Crippen LogP contribution in [0.5, 0.6) is 0 Å². The minimum Gasteiger partial charge on any atom is -0.394 e. The molecule has 3 N–H and O–H groups in total. The minimum absolute atomic E-state index is 0.0163. The molecular weight excluding hydrogens is 361 g/mol. The number of fused-ring (bicyclic) bond motifs is 3. The molecule has 0 amide bonds. The zero-order valence-corrected chi connectivity index (χ0v) is 15.5. The van der Waals surface area contributed by atoms with E-state index in [1.807, 2.05) is 24.3 Å². The van der Waals surface area contributed by atoms with Gasteiger partial charge in [0.2, 0.25) is 0 Å². The van der Waals surface area contributed by atoms with Gasteiger partial charge in [-0.25, -0.2) is 0 Å². The van der Waals surface area contributed by atoms with Crippen LogP contribution in [0.2, 0.25) is 10.0 Å². The lowest BCUT2D eigenvalue weighted by molar-refractivity contribution is 0.00856. The third kappa shape index (κ3) is 4.00. The van der Waals surface area contributed by atoms with Crippen LogP contribution >= 0.6 is 23.2 Å². The Morgan fingerprint density at radius 1 is 1.12 bits per heavy atom. The normalized spacial score (nSPS) is 14.9. The van der Waals surface area contributed by atoms with Crippen LogP contribution in [0.4, 0.5) is 0 Å². The Bertz CT molecular complexity index is 778. The molecule has 1 atom stereocenters. The highest BCUT2D eigenvalue weighted by molar-refractivity contribution is 6.31. The second-order valence-corrected chi connectivity index (χ2v) is 7.17. The molecule has 134 valence electrons. The van der Waals surface area contributed by atoms with Crippen molar-refractivity contribution in [3.8, 4) is 11.1 Å². The van der Waals surface area contributed by atoms with E-state index in [0.29, 0.717) is 23.2 Å². The first kappa shape index (κ1) is 18.6. The molecule has 4 nitrogen and oxygen atoms in total. The van der Waals surface area contributed by atoms with Crippen LogP contribution in [-0.2, 0) is 16.9 Å². The summed E-state index contributed by atoms with van der Waals surface area (Å²) in [6, 6.07) is 9.54. The molecule has 1 aliphatic carbocycles. The third-order valence-corrected chi connectivity index (χ3v) is 4.83. The fourth-order valence-electron chi connectivity index (χ4n) is 3.29. The molecule has 2 aromatic carbocycles. The van der Waals surface area contributed by atoms with Crippen LogP contribution in [0, 0.1) is 0 Å². The minimum atomic E-state index is -1.27. The standard InChI is InChI=1S/C19H21Cl2NO3/c1-19(24,22-4-6-25-7-5-23)17-11-15(21)10-13-8-12-9-14(20)2-3-16(12)18(13)17/h2-3,9-11,22-24H,4-8H2,1H3. The van der Waals surface area contributed by atoms with Crippen molar-refractivity contribution in [1.29, 1.82) is 0 Å². The summed E-state index contributed by atoms with van der Waals surface area (Å²) in [4.78, 5) is 0. The Morgan fingerprint density at radius 2 is 1.88 bits per heavy atom. The molecule has 0 saturated carbocycles. The van der Waals surface area contributed by atoms with Gasteiger partial charge in [0.1, 0.15) is 5.72 Å². The molecule has 0 bridgehead atoms. The summed E-state index contributed by atoms with van der Waals surface area (Å²) in [6.45, 7) is 2.81. The summed E-state index contributed by atoms with van der Waals surface area (Å²) in [5.41, 5.74) is 3.76. The van der Waals surface area contributed by atoms with E-state index in [2.05, 4.69) is 5.32 Å². The van der Waals surface area contributed by atoms with Crippen molar-refractivity contribution in [2.24, 2.45) is 0 Å². The van der Waals surface area contributed by atoms with Gasteiger partial charge in [-0.1, -0.05) is 29.3 Å². The second kappa shape index (κ2) is 7.62. The van der Waals surface area contributed by atoms with Gasteiger partial charge < -0.3 is 14.9 Å². The predicted octanol–water partition coefficient (Wildman–Crippen LogP) is 3.33. The number of hydrogen-bond acceptors (Lipinski definition) is 4. The van der Waals surface area contributed by atoms with Crippen LogP contribution < -0.4 is 5.32 Å². The maximum atomic E-state index is 11.0. The summed E-state index contributed by atoms with van der Waals surface area (Å²) in [5, 5.41) is 24.1. The third-order valence-electron chi connectivity index (χ3n) is 4.38. The van der Waals surface area contributed by atoms with Gasteiger partial charge in [-0.3, -0.25) is 5.32 Å². The van der Waals surface area contributed by atoms with E-state index in [4.69, 9.17) is 33.0 Å². The molecule has 2 aromatic rings. The van der Waals surface area contributed by atoms with Crippen LogP contribution in [0.15, 0.2) is 30.3 Å². The highest BCUT2D eigenvalue weighted by atomic mass is 35.5. The lowest BCUT2D eigenvalue weighted by Crippen LogP contribution is -2.41. The number of rotatable bonds is 7. The van der Waals surface area contributed by atoms with Gasteiger partial charge in [0.15, 0.2) is 0 Å². The molecule has 0 fully saturated rings. The summed E-state index contributed by atoms with van der Waals surface area (Å²) in [7, 11) is 0. The van der Waals surface area contributed by atoms with Gasteiger partial charge in [0.25, 0.3) is 0 Å². The van der Waals surface area contributed by atoms with E-state index >= 15 is 0 Å². The van der Waals surface area contributed by atoms with Gasteiger partial charge in [-0.05, 0) is 59.9 Å². The Labute approximate surface area is 157 Å². The van der Waals surface area contributed by atoms with Crippen molar-refractivity contribution in [3.63, 3.8) is 0 Å². The molecule has 25 heavy (non-hydrogen) atoms. The van der Waals surface area contributed by atoms with E-state index in [0.717, 1.165) is 34.2 Å². The molecule has 0 radical (unpaired) electrons. The van der Waals surface area contributed by atoms with E-state index in [1.165, 1.54) is 0 Å². The molecule has 0 heterocycles. The van der Waals surface area contributed by atoms with Crippen LogP contribution in [0.1, 0.15) is 23.6 Å². The number of aliphatic hydroxyl groups excluding tert-OH is 1. The smallest absolute Gasteiger partial charge is 0.140 e. The van der Waals surface area contributed by atoms with Crippen molar-refractivity contribution in [2.75, 3.05) is 26.4 Å². The molecule has 0 spiro atoms. The maximum Gasteiger partial charge on any atom is 0.140 e. The first-order valence-electron chi connectivity index (χ1n) is 8.20. The molecule has 3 rings (SSSR count). The monoisotopic (exact) mass is 381 g/mol. The fourth-order valence-corrected chi connectivity index (χ4v) is 3.73. The Balaban J connectivity index is 1.91. The molecule has 0 saturated heterocycles. The molecule has 1 aliphatic rings. The van der Waals surface area contributed by atoms with E-state index in [9.17, 15) is 5.11 Å². The lowest BCUT2D eigenvalue weighted by atomic mass is 9.93. The SMILES string of the molecule is CC(O)(NCCOCCO)c1cc(Cl)cc2c1-c1ccc(Cl)cc1C2. The average molecular weight is 382 g/mol. The number of halogens is 2. The summed E-state index contributed by atoms with van der Waals surface area (Å²) in [5.74, 6) is 0.